The van der Waals surface area contributed by atoms with E-state index in [9.17, 15) is 9.59 Å². The smallest absolute Gasteiger partial charge is 0.247 e. The van der Waals surface area contributed by atoms with Gasteiger partial charge in [-0.15, -0.1) is 12.4 Å². The molecule has 1 aromatic rings. The molecular formula is C21H30ClN3O3. The van der Waals surface area contributed by atoms with Crippen molar-refractivity contribution < 1.29 is 14.3 Å². The molecule has 0 radical (unpaired) electrons. The molecule has 3 aliphatic heterocycles. The number of hydrogen-bond acceptors (Lipinski definition) is 4. The summed E-state index contributed by atoms with van der Waals surface area (Å²) < 4.78 is 5.52. The molecule has 0 aromatic heterocycles. The highest BCUT2D eigenvalue weighted by Gasteiger charge is 2.32. The van der Waals surface area contributed by atoms with Crippen molar-refractivity contribution in [2.45, 2.75) is 51.0 Å². The molecule has 0 bridgehead atoms. The first-order chi connectivity index (χ1) is 13.2. The Labute approximate surface area is 172 Å². The number of anilines is 1. The second-order valence-electron chi connectivity index (χ2n) is 7.91. The number of carbonyl (C=O) groups excluding carboxylic acids is 2. The molecule has 0 aliphatic carbocycles. The van der Waals surface area contributed by atoms with Gasteiger partial charge < -0.3 is 20.3 Å². The number of hydrogen-bond donors (Lipinski definition) is 2. The molecule has 28 heavy (non-hydrogen) atoms. The minimum absolute atomic E-state index is 0. The summed E-state index contributed by atoms with van der Waals surface area (Å²) in [4.78, 5) is 27.5. The number of benzene rings is 1. The lowest BCUT2D eigenvalue weighted by atomic mass is 9.98. The molecule has 6 nitrogen and oxygen atoms in total. The van der Waals surface area contributed by atoms with Crippen molar-refractivity contribution >= 4 is 29.9 Å². The van der Waals surface area contributed by atoms with E-state index in [0.29, 0.717) is 25.5 Å². The predicted octanol–water partition coefficient (Wildman–Crippen LogP) is 2.75. The van der Waals surface area contributed by atoms with Crippen LogP contribution in [-0.2, 0) is 16.0 Å². The van der Waals surface area contributed by atoms with Gasteiger partial charge in [-0.3, -0.25) is 9.59 Å². The maximum Gasteiger partial charge on any atom is 0.247 e. The van der Waals surface area contributed by atoms with Crippen LogP contribution in [0.5, 0.6) is 5.75 Å². The molecule has 2 saturated heterocycles. The second-order valence-corrected chi connectivity index (χ2v) is 7.91. The third-order valence-corrected chi connectivity index (χ3v) is 6.01. The van der Waals surface area contributed by atoms with Crippen LogP contribution in [0.25, 0.3) is 0 Å². The topological polar surface area (TPSA) is 70.7 Å². The standard InChI is InChI=1S/C21H29N3O3.ClH/c25-20(7-4-15-8-10-22-14-15)24-11-2-1-3-18(24)21(26)23-17-5-6-19-16(13-17)9-12-27-19;/h5-6,13,15,18,22H,1-4,7-12,14H2,(H,23,26);1H. The molecule has 2 N–H and O–H groups in total. The fourth-order valence-electron chi connectivity index (χ4n) is 4.42. The number of halogens is 1. The Morgan fingerprint density at radius 2 is 2.14 bits per heavy atom. The molecule has 3 aliphatic rings. The van der Waals surface area contributed by atoms with E-state index in [-0.39, 0.29) is 30.3 Å². The summed E-state index contributed by atoms with van der Waals surface area (Å²) in [5.41, 5.74) is 1.92. The number of ether oxygens (including phenoxy) is 1. The van der Waals surface area contributed by atoms with E-state index in [0.717, 1.165) is 68.6 Å². The van der Waals surface area contributed by atoms with Crippen LogP contribution in [0.1, 0.15) is 44.1 Å². The Hall–Kier alpha value is -1.79. The molecule has 3 heterocycles. The monoisotopic (exact) mass is 407 g/mol. The van der Waals surface area contributed by atoms with Crippen LogP contribution in [0.4, 0.5) is 5.69 Å². The van der Waals surface area contributed by atoms with Crippen LogP contribution in [0.3, 0.4) is 0 Å². The van der Waals surface area contributed by atoms with Crippen LogP contribution < -0.4 is 15.4 Å². The van der Waals surface area contributed by atoms with Crippen LogP contribution in [0, 0.1) is 5.92 Å². The lowest BCUT2D eigenvalue weighted by Crippen LogP contribution is -2.50. The quantitative estimate of drug-likeness (QED) is 0.787. The molecule has 2 atom stereocenters. The highest BCUT2D eigenvalue weighted by atomic mass is 35.5. The number of piperidine rings is 1. The normalized spacial score (nSPS) is 23.5. The summed E-state index contributed by atoms with van der Waals surface area (Å²) in [6, 6.07) is 5.43. The van der Waals surface area contributed by atoms with Crippen molar-refractivity contribution in [2.24, 2.45) is 5.92 Å². The Morgan fingerprint density at radius 1 is 1.25 bits per heavy atom. The van der Waals surface area contributed by atoms with E-state index in [2.05, 4.69) is 10.6 Å². The molecule has 7 heteroatoms. The lowest BCUT2D eigenvalue weighted by molar-refractivity contribution is -0.140. The molecule has 2 unspecified atom stereocenters. The summed E-state index contributed by atoms with van der Waals surface area (Å²) >= 11 is 0. The molecular weight excluding hydrogens is 378 g/mol. The van der Waals surface area contributed by atoms with Crippen molar-refractivity contribution in [2.75, 3.05) is 31.6 Å². The predicted molar refractivity (Wildman–Crippen MR) is 111 cm³/mol. The average Bonchev–Trinajstić information content (AvgIpc) is 3.37. The molecule has 0 saturated carbocycles. The van der Waals surface area contributed by atoms with E-state index in [1.165, 1.54) is 0 Å². The van der Waals surface area contributed by atoms with Gasteiger partial charge in [0, 0.05) is 25.1 Å². The zero-order chi connectivity index (χ0) is 18.6. The van der Waals surface area contributed by atoms with Crippen molar-refractivity contribution in [3.63, 3.8) is 0 Å². The maximum absolute atomic E-state index is 12.9. The fraction of sp³-hybridized carbons (Fsp3) is 0.619. The van der Waals surface area contributed by atoms with Crippen LogP contribution in [0.15, 0.2) is 18.2 Å². The van der Waals surface area contributed by atoms with E-state index >= 15 is 0 Å². The van der Waals surface area contributed by atoms with Crippen LogP contribution in [0.2, 0.25) is 0 Å². The molecule has 4 rings (SSSR count). The van der Waals surface area contributed by atoms with Gasteiger partial charge in [0.25, 0.3) is 0 Å². The number of nitrogens with one attached hydrogen (secondary N) is 2. The number of amides is 2. The molecule has 2 amide bonds. The summed E-state index contributed by atoms with van der Waals surface area (Å²) in [5.74, 6) is 1.57. The van der Waals surface area contributed by atoms with E-state index in [4.69, 9.17) is 4.74 Å². The molecule has 2 fully saturated rings. The maximum atomic E-state index is 12.9. The second kappa shape index (κ2) is 9.61. The summed E-state index contributed by atoms with van der Waals surface area (Å²) in [7, 11) is 0. The number of fused-ring (bicyclic) bond motifs is 1. The minimum Gasteiger partial charge on any atom is -0.493 e. The van der Waals surface area contributed by atoms with Gasteiger partial charge in [-0.05, 0) is 74.9 Å². The first kappa shape index (κ1) is 20.9. The van der Waals surface area contributed by atoms with E-state index in [1.54, 1.807) is 0 Å². The third kappa shape index (κ3) is 4.78. The van der Waals surface area contributed by atoms with Gasteiger partial charge in [0.15, 0.2) is 0 Å². The zero-order valence-electron chi connectivity index (χ0n) is 16.2. The van der Waals surface area contributed by atoms with Crippen LogP contribution >= 0.6 is 12.4 Å². The Balaban J connectivity index is 0.00000225. The molecule has 0 spiro atoms. The number of rotatable bonds is 5. The first-order valence-corrected chi connectivity index (χ1v) is 10.3. The SMILES string of the molecule is Cl.O=C(Nc1ccc2c(c1)CCO2)C1CCCCN1C(=O)CCC1CCNC1. The third-order valence-electron chi connectivity index (χ3n) is 6.01. The van der Waals surface area contributed by atoms with Crippen molar-refractivity contribution in [3.8, 4) is 5.75 Å². The van der Waals surface area contributed by atoms with Gasteiger partial charge >= 0.3 is 0 Å². The zero-order valence-corrected chi connectivity index (χ0v) is 17.1. The van der Waals surface area contributed by atoms with Gasteiger partial charge in [0.05, 0.1) is 6.61 Å². The van der Waals surface area contributed by atoms with Gasteiger partial charge in [0.1, 0.15) is 11.8 Å². The Morgan fingerprint density at radius 3 is 2.96 bits per heavy atom. The van der Waals surface area contributed by atoms with Crippen molar-refractivity contribution in [1.29, 1.82) is 0 Å². The van der Waals surface area contributed by atoms with Gasteiger partial charge in [-0.25, -0.2) is 0 Å². The summed E-state index contributed by atoms with van der Waals surface area (Å²) in [6.45, 7) is 3.46. The van der Waals surface area contributed by atoms with Crippen molar-refractivity contribution in [3.05, 3.63) is 23.8 Å². The van der Waals surface area contributed by atoms with Gasteiger partial charge in [-0.2, -0.15) is 0 Å². The number of likely N-dealkylation sites (tertiary alicyclic amines) is 1. The van der Waals surface area contributed by atoms with E-state index < -0.39 is 0 Å². The van der Waals surface area contributed by atoms with Gasteiger partial charge in [0.2, 0.25) is 11.8 Å². The Bertz CT molecular complexity index is 706. The number of nitrogens with zero attached hydrogens (tertiary/aromatic N) is 1. The molecule has 154 valence electrons. The highest BCUT2D eigenvalue weighted by molar-refractivity contribution is 5.97. The average molecular weight is 408 g/mol. The van der Waals surface area contributed by atoms with Crippen molar-refractivity contribution in [1.82, 2.24) is 10.2 Å². The van der Waals surface area contributed by atoms with Gasteiger partial charge in [-0.1, -0.05) is 0 Å². The number of carbonyl (C=O) groups is 2. The largest absolute Gasteiger partial charge is 0.493 e. The lowest BCUT2D eigenvalue weighted by Gasteiger charge is -2.35. The summed E-state index contributed by atoms with van der Waals surface area (Å²) in [6.07, 6.45) is 6.22. The fourth-order valence-corrected chi connectivity index (χ4v) is 4.42. The Kier molecular flexibility index (Phi) is 7.18. The van der Waals surface area contributed by atoms with Crippen LogP contribution in [-0.4, -0.2) is 49.0 Å². The highest BCUT2D eigenvalue weighted by Crippen LogP contribution is 2.28. The van der Waals surface area contributed by atoms with E-state index in [1.807, 2.05) is 23.1 Å². The first-order valence-electron chi connectivity index (χ1n) is 10.3. The minimum atomic E-state index is -0.350. The summed E-state index contributed by atoms with van der Waals surface area (Å²) in [5, 5.41) is 6.37. The molecule has 1 aromatic carbocycles.